The summed E-state index contributed by atoms with van der Waals surface area (Å²) >= 11 is 6.20. The van der Waals surface area contributed by atoms with Crippen LogP contribution in [0.1, 0.15) is 50.3 Å². The molecule has 0 bridgehead atoms. The quantitative estimate of drug-likeness (QED) is 0.227. The Kier molecular flexibility index (Phi) is 10.6. The Bertz CT molecular complexity index is 1360. The molecule has 1 atom stereocenters. The van der Waals surface area contributed by atoms with E-state index in [1.165, 1.54) is 16.8 Å². The zero-order chi connectivity index (χ0) is 28.4. The first-order valence-corrected chi connectivity index (χ1v) is 13.0. The zero-order valence-electron chi connectivity index (χ0n) is 21.8. The van der Waals surface area contributed by atoms with Gasteiger partial charge in [-0.3, -0.25) is 9.59 Å². The van der Waals surface area contributed by atoms with E-state index in [0.29, 0.717) is 40.9 Å². The Labute approximate surface area is 231 Å². The SMILES string of the molecule is CCCOc1ccc([C@H](CC(=O)O)NC(=O)Nc2c(O)ccn(Cc3ccccc3Cl)c2=O)cc1OCCC. The molecule has 0 aliphatic carbocycles. The second-order valence-corrected chi connectivity index (χ2v) is 9.16. The van der Waals surface area contributed by atoms with Crippen LogP contribution in [0.15, 0.2) is 59.5 Å². The van der Waals surface area contributed by atoms with Crippen LogP contribution in [-0.4, -0.2) is 40.0 Å². The summed E-state index contributed by atoms with van der Waals surface area (Å²) in [5, 5.41) is 25.2. The summed E-state index contributed by atoms with van der Waals surface area (Å²) in [4.78, 5) is 37.6. The number of nitrogens with one attached hydrogen (secondary N) is 2. The maximum Gasteiger partial charge on any atom is 0.319 e. The number of urea groups is 1. The number of aliphatic carboxylic acids is 1. The van der Waals surface area contributed by atoms with E-state index in [9.17, 15) is 24.6 Å². The van der Waals surface area contributed by atoms with Gasteiger partial charge in [0.15, 0.2) is 17.2 Å². The van der Waals surface area contributed by atoms with Gasteiger partial charge in [-0.15, -0.1) is 0 Å². The van der Waals surface area contributed by atoms with Gasteiger partial charge in [-0.2, -0.15) is 0 Å². The van der Waals surface area contributed by atoms with Crippen LogP contribution in [0.4, 0.5) is 10.5 Å². The molecule has 2 aromatic carbocycles. The number of benzene rings is 2. The maximum atomic E-state index is 13.0. The van der Waals surface area contributed by atoms with Gasteiger partial charge in [-0.1, -0.05) is 49.7 Å². The minimum Gasteiger partial charge on any atom is -0.505 e. The summed E-state index contributed by atoms with van der Waals surface area (Å²) in [6.07, 6.45) is 2.50. The number of aromatic nitrogens is 1. The maximum absolute atomic E-state index is 13.0. The van der Waals surface area contributed by atoms with Crippen molar-refractivity contribution in [2.24, 2.45) is 0 Å². The van der Waals surface area contributed by atoms with Crippen molar-refractivity contribution in [3.8, 4) is 17.2 Å². The highest BCUT2D eigenvalue weighted by atomic mass is 35.5. The molecule has 1 aromatic heterocycles. The fourth-order valence-corrected chi connectivity index (χ4v) is 3.94. The van der Waals surface area contributed by atoms with E-state index in [1.54, 1.807) is 42.5 Å². The summed E-state index contributed by atoms with van der Waals surface area (Å²) in [6.45, 7) is 4.95. The lowest BCUT2D eigenvalue weighted by Gasteiger charge is -2.20. The van der Waals surface area contributed by atoms with Crippen molar-refractivity contribution >= 4 is 29.3 Å². The molecule has 3 rings (SSSR count). The van der Waals surface area contributed by atoms with Crippen molar-refractivity contribution in [2.75, 3.05) is 18.5 Å². The molecule has 2 amide bonds. The second-order valence-electron chi connectivity index (χ2n) is 8.75. The Morgan fingerprint density at radius 2 is 1.72 bits per heavy atom. The largest absolute Gasteiger partial charge is 0.505 e. The topological polar surface area (TPSA) is 139 Å². The molecule has 0 spiro atoms. The minimum absolute atomic E-state index is 0.115. The molecule has 0 unspecified atom stereocenters. The number of rotatable bonds is 13. The van der Waals surface area contributed by atoms with Crippen LogP contribution in [0.5, 0.6) is 17.2 Å². The minimum atomic E-state index is -1.15. The third kappa shape index (κ3) is 8.15. The van der Waals surface area contributed by atoms with E-state index in [2.05, 4.69) is 10.6 Å². The van der Waals surface area contributed by atoms with E-state index in [4.69, 9.17) is 21.1 Å². The molecule has 0 aliphatic rings. The number of ether oxygens (including phenoxy) is 2. The number of aromatic hydroxyl groups is 1. The molecule has 39 heavy (non-hydrogen) atoms. The number of anilines is 1. The number of carboxylic acids is 1. The number of nitrogens with zero attached hydrogens (tertiary/aromatic N) is 1. The third-order valence-electron chi connectivity index (χ3n) is 5.66. The summed E-state index contributed by atoms with van der Waals surface area (Å²) in [7, 11) is 0. The lowest BCUT2D eigenvalue weighted by Crippen LogP contribution is -2.36. The van der Waals surface area contributed by atoms with Crippen LogP contribution >= 0.6 is 11.6 Å². The van der Waals surface area contributed by atoms with Crippen molar-refractivity contribution in [2.45, 2.75) is 45.7 Å². The Morgan fingerprint density at radius 3 is 2.38 bits per heavy atom. The molecule has 0 aliphatic heterocycles. The highest BCUT2D eigenvalue weighted by Crippen LogP contribution is 2.32. The third-order valence-corrected chi connectivity index (χ3v) is 6.03. The van der Waals surface area contributed by atoms with Crippen LogP contribution < -0.4 is 25.7 Å². The van der Waals surface area contributed by atoms with Gasteiger partial charge in [0.1, 0.15) is 5.75 Å². The van der Waals surface area contributed by atoms with Crippen LogP contribution in [0.25, 0.3) is 0 Å². The Morgan fingerprint density at radius 1 is 1.03 bits per heavy atom. The normalized spacial score (nSPS) is 11.5. The molecule has 0 saturated carbocycles. The van der Waals surface area contributed by atoms with E-state index in [1.807, 2.05) is 13.8 Å². The molecule has 0 saturated heterocycles. The number of amides is 2. The monoisotopic (exact) mass is 557 g/mol. The van der Waals surface area contributed by atoms with Crippen molar-refractivity contribution in [1.29, 1.82) is 0 Å². The number of hydrogen-bond donors (Lipinski definition) is 4. The average Bonchev–Trinajstić information content (AvgIpc) is 2.91. The molecular weight excluding hydrogens is 526 g/mol. The Hall–Kier alpha value is -4.18. The number of halogens is 1. The summed E-state index contributed by atoms with van der Waals surface area (Å²) in [6, 6.07) is 11.4. The highest BCUT2D eigenvalue weighted by molar-refractivity contribution is 6.31. The number of hydrogen-bond acceptors (Lipinski definition) is 6. The van der Waals surface area contributed by atoms with Gasteiger partial charge in [-0.25, -0.2) is 4.79 Å². The highest BCUT2D eigenvalue weighted by Gasteiger charge is 2.22. The molecule has 11 heteroatoms. The fourth-order valence-electron chi connectivity index (χ4n) is 3.75. The van der Waals surface area contributed by atoms with Crippen LogP contribution in [0, 0.1) is 0 Å². The number of pyridine rings is 1. The summed E-state index contributed by atoms with van der Waals surface area (Å²) in [5.74, 6) is -0.635. The predicted octanol–water partition coefficient (Wildman–Crippen LogP) is 5.17. The van der Waals surface area contributed by atoms with E-state index < -0.39 is 35.8 Å². The van der Waals surface area contributed by atoms with Crippen LogP contribution in [-0.2, 0) is 11.3 Å². The van der Waals surface area contributed by atoms with Gasteiger partial charge in [-0.05, 0) is 48.2 Å². The van der Waals surface area contributed by atoms with Crippen LogP contribution in [0.2, 0.25) is 5.02 Å². The Balaban J connectivity index is 1.84. The zero-order valence-corrected chi connectivity index (χ0v) is 22.5. The smallest absolute Gasteiger partial charge is 0.319 e. The fraction of sp³-hybridized carbons (Fsp3) is 0.321. The van der Waals surface area contributed by atoms with E-state index in [0.717, 1.165) is 12.8 Å². The summed E-state index contributed by atoms with van der Waals surface area (Å²) in [5.41, 5.74) is 0.131. The molecule has 0 fully saturated rings. The van der Waals surface area contributed by atoms with E-state index in [-0.39, 0.29) is 12.2 Å². The lowest BCUT2D eigenvalue weighted by molar-refractivity contribution is -0.137. The predicted molar refractivity (Wildman–Crippen MR) is 148 cm³/mol. The van der Waals surface area contributed by atoms with Gasteiger partial charge in [0, 0.05) is 11.2 Å². The standard InChI is InChI=1S/C28H32ClN3O7/c1-3-13-38-23-10-9-18(15-24(23)39-14-4-2)21(16-25(34)35)30-28(37)31-26-22(33)11-12-32(27(26)36)17-19-7-5-6-8-20(19)29/h5-12,15,21,33H,3-4,13-14,16-17H2,1-2H3,(H,34,35)(H2,30,31,37)/t21-/m0/s1. The van der Waals surface area contributed by atoms with Gasteiger partial charge in [0.2, 0.25) is 0 Å². The molecule has 1 heterocycles. The van der Waals surface area contributed by atoms with E-state index >= 15 is 0 Å². The average molecular weight is 558 g/mol. The first kappa shape index (κ1) is 29.4. The van der Waals surface area contributed by atoms with Gasteiger partial charge >= 0.3 is 12.0 Å². The van der Waals surface area contributed by atoms with Gasteiger partial charge in [0.05, 0.1) is 32.2 Å². The van der Waals surface area contributed by atoms with Crippen molar-refractivity contribution in [3.63, 3.8) is 0 Å². The van der Waals surface area contributed by atoms with Gasteiger partial charge in [0.25, 0.3) is 5.56 Å². The lowest BCUT2D eigenvalue weighted by atomic mass is 10.0. The first-order valence-electron chi connectivity index (χ1n) is 12.6. The number of carbonyl (C=O) groups excluding carboxylic acids is 1. The molecule has 4 N–H and O–H groups in total. The summed E-state index contributed by atoms with van der Waals surface area (Å²) < 4.78 is 12.8. The van der Waals surface area contributed by atoms with Crippen molar-refractivity contribution in [1.82, 2.24) is 9.88 Å². The molecule has 3 aromatic rings. The van der Waals surface area contributed by atoms with Crippen molar-refractivity contribution < 1.29 is 29.3 Å². The molecule has 10 nitrogen and oxygen atoms in total. The number of carbonyl (C=O) groups is 2. The molecule has 208 valence electrons. The number of carboxylic acid groups (broad SMARTS) is 1. The van der Waals surface area contributed by atoms with Crippen LogP contribution in [0.3, 0.4) is 0 Å². The second kappa shape index (κ2) is 14.1. The molecular formula is C28H32ClN3O7. The molecule has 0 radical (unpaired) electrons. The van der Waals surface area contributed by atoms with Crippen molar-refractivity contribution in [3.05, 3.63) is 81.2 Å². The van der Waals surface area contributed by atoms with Gasteiger partial charge < -0.3 is 34.9 Å². The first-order chi connectivity index (χ1) is 18.7.